The van der Waals surface area contributed by atoms with Crippen LogP contribution in [-0.4, -0.2) is 35.8 Å². The van der Waals surface area contributed by atoms with Crippen LogP contribution in [0.4, 0.5) is 8.78 Å². The molecule has 0 aromatic heterocycles. The van der Waals surface area contributed by atoms with Gasteiger partial charge in [0, 0.05) is 36.5 Å². The number of nitrogens with one attached hydrogen (secondary N) is 1. The van der Waals surface area contributed by atoms with E-state index in [-0.39, 0.29) is 18.9 Å². The lowest BCUT2D eigenvalue weighted by atomic mass is 10.0. The standard InChI is InChI=1S/C11H15F2N3S/c1-8-10(17-7-15-8)9(6-14)16-4-2-11(12,13)3-5-16/h9,15H,2-5,7H2,1H3. The van der Waals surface area contributed by atoms with E-state index < -0.39 is 5.92 Å². The van der Waals surface area contributed by atoms with Crippen molar-refractivity contribution >= 4 is 11.8 Å². The summed E-state index contributed by atoms with van der Waals surface area (Å²) in [6, 6.07) is 1.86. The Morgan fingerprint density at radius 2 is 2.12 bits per heavy atom. The number of alkyl halides is 2. The third-order valence-corrected chi connectivity index (χ3v) is 4.33. The van der Waals surface area contributed by atoms with Crippen molar-refractivity contribution in [1.82, 2.24) is 10.2 Å². The summed E-state index contributed by atoms with van der Waals surface area (Å²) < 4.78 is 26.1. The fourth-order valence-corrected chi connectivity index (χ4v) is 3.21. The van der Waals surface area contributed by atoms with Gasteiger partial charge in [-0.3, -0.25) is 4.90 Å². The van der Waals surface area contributed by atoms with E-state index in [1.807, 2.05) is 11.8 Å². The monoisotopic (exact) mass is 259 g/mol. The Labute approximate surface area is 104 Å². The van der Waals surface area contributed by atoms with Crippen molar-refractivity contribution < 1.29 is 8.78 Å². The molecule has 1 fully saturated rings. The minimum absolute atomic E-state index is 0.143. The molecule has 0 spiro atoms. The Bertz CT molecular complexity index is 365. The topological polar surface area (TPSA) is 39.1 Å². The number of thioether (sulfide) groups is 1. The molecule has 2 aliphatic rings. The average molecular weight is 259 g/mol. The molecular formula is C11H15F2N3S. The molecule has 0 aliphatic carbocycles. The molecule has 1 saturated heterocycles. The number of hydrogen-bond acceptors (Lipinski definition) is 4. The van der Waals surface area contributed by atoms with Crippen LogP contribution in [0.3, 0.4) is 0 Å². The Hall–Kier alpha value is -0.800. The fourth-order valence-electron chi connectivity index (χ4n) is 2.12. The van der Waals surface area contributed by atoms with Crippen LogP contribution in [0.25, 0.3) is 0 Å². The highest BCUT2D eigenvalue weighted by molar-refractivity contribution is 8.03. The van der Waals surface area contributed by atoms with Gasteiger partial charge in [0.25, 0.3) is 5.92 Å². The van der Waals surface area contributed by atoms with Gasteiger partial charge in [-0.2, -0.15) is 5.26 Å². The molecule has 0 aromatic carbocycles. The van der Waals surface area contributed by atoms with Crippen molar-refractivity contribution in [1.29, 1.82) is 5.26 Å². The highest BCUT2D eigenvalue weighted by Gasteiger charge is 2.38. The van der Waals surface area contributed by atoms with Crippen molar-refractivity contribution in [3.8, 4) is 6.07 Å². The minimum atomic E-state index is -2.55. The summed E-state index contributed by atoms with van der Waals surface area (Å²) in [6.07, 6.45) is -0.287. The van der Waals surface area contributed by atoms with Gasteiger partial charge in [-0.25, -0.2) is 8.78 Å². The smallest absolute Gasteiger partial charge is 0.250 e. The predicted octanol–water partition coefficient (Wildman–Crippen LogP) is 2.14. The van der Waals surface area contributed by atoms with Crippen molar-refractivity contribution in [3.05, 3.63) is 10.6 Å². The number of likely N-dealkylation sites (tertiary alicyclic amines) is 1. The van der Waals surface area contributed by atoms with Gasteiger partial charge in [0.2, 0.25) is 0 Å². The summed E-state index contributed by atoms with van der Waals surface area (Å²) in [5.74, 6) is -1.79. The van der Waals surface area contributed by atoms with Gasteiger partial charge in [-0.05, 0) is 6.92 Å². The lowest BCUT2D eigenvalue weighted by molar-refractivity contribution is -0.0567. The van der Waals surface area contributed by atoms with E-state index in [2.05, 4.69) is 11.4 Å². The Balaban J connectivity index is 2.06. The average Bonchev–Trinajstić information content (AvgIpc) is 2.69. The number of halogens is 2. The largest absolute Gasteiger partial charge is 0.378 e. The van der Waals surface area contributed by atoms with Crippen LogP contribution in [0.15, 0.2) is 10.6 Å². The number of rotatable bonds is 2. The van der Waals surface area contributed by atoms with E-state index in [1.165, 1.54) is 0 Å². The lowest BCUT2D eigenvalue weighted by Gasteiger charge is -2.34. The molecule has 2 heterocycles. The van der Waals surface area contributed by atoms with E-state index in [1.54, 1.807) is 11.8 Å². The number of allylic oxidation sites excluding steroid dienone is 1. The zero-order chi connectivity index (χ0) is 12.5. The van der Waals surface area contributed by atoms with Crippen LogP contribution in [0, 0.1) is 11.3 Å². The van der Waals surface area contributed by atoms with Gasteiger partial charge in [-0.15, -0.1) is 11.8 Å². The molecule has 2 rings (SSSR count). The maximum absolute atomic E-state index is 13.1. The molecule has 0 radical (unpaired) electrons. The molecule has 94 valence electrons. The normalized spacial score (nSPS) is 26.5. The van der Waals surface area contributed by atoms with Gasteiger partial charge in [0.15, 0.2) is 0 Å². The first-order valence-electron chi connectivity index (χ1n) is 5.62. The van der Waals surface area contributed by atoms with Gasteiger partial charge < -0.3 is 5.32 Å². The van der Waals surface area contributed by atoms with Crippen LogP contribution in [0.1, 0.15) is 19.8 Å². The van der Waals surface area contributed by atoms with Gasteiger partial charge in [0.05, 0.1) is 11.9 Å². The zero-order valence-electron chi connectivity index (χ0n) is 9.67. The maximum Gasteiger partial charge on any atom is 0.250 e. The zero-order valence-corrected chi connectivity index (χ0v) is 10.5. The van der Waals surface area contributed by atoms with Crippen molar-refractivity contribution in [2.24, 2.45) is 0 Å². The van der Waals surface area contributed by atoms with Crippen LogP contribution >= 0.6 is 11.8 Å². The van der Waals surface area contributed by atoms with Crippen LogP contribution in [0.5, 0.6) is 0 Å². The molecule has 0 amide bonds. The number of piperidine rings is 1. The van der Waals surface area contributed by atoms with Crippen molar-refractivity contribution in [3.63, 3.8) is 0 Å². The molecule has 1 unspecified atom stereocenters. The summed E-state index contributed by atoms with van der Waals surface area (Å²) >= 11 is 1.59. The second-order valence-electron chi connectivity index (χ2n) is 4.38. The molecule has 6 heteroatoms. The molecule has 17 heavy (non-hydrogen) atoms. The molecule has 0 bridgehead atoms. The first-order chi connectivity index (χ1) is 8.03. The summed E-state index contributed by atoms with van der Waals surface area (Å²) in [4.78, 5) is 2.84. The van der Waals surface area contributed by atoms with E-state index in [4.69, 9.17) is 0 Å². The van der Waals surface area contributed by atoms with Crippen molar-refractivity contribution in [2.45, 2.75) is 31.7 Å². The molecule has 0 aromatic rings. The van der Waals surface area contributed by atoms with Gasteiger partial charge in [0.1, 0.15) is 6.04 Å². The number of nitriles is 1. The van der Waals surface area contributed by atoms with Crippen LogP contribution < -0.4 is 5.32 Å². The lowest BCUT2D eigenvalue weighted by Crippen LogP contribution is -2.45. The third-order valence-electron chi connectivity index (χ3n) is 3.20. The molecule has 2 aliphatic heterocycles. The SMILES string of the molecule is CC1=C(C(C#N)N2CCC(F)(F)CC2)SCN1. The fraction of sp³-hybridized carbons (Fsp3) is 0.727. The summed E-state index contributed by atoms with van der Waals surface area (Å²) in [6.45, 7) is 2.52. The van der Waals surface area contributed by atoms with E-state index in [0.717, 1.165) is 16.5 Å². The van der Waals surface area contributed by atoms with Crippen molar-refractivity contribution in [2.75, 3.05) is 19.0 Å². The van der Waals surface area contributed by atoms with Gasteiger partial charge >= 0.3 is 0 Å². The van der Waals surface area contributed by atoms with E-state index >= 15 is 0 Å². The molecular weight excluding hydrogens is 244 g/mol. The Kier molecular flexibility index (Phi) is 3.59. The Morgan fingerprint density at radius 3 is 2.59 bits per heavy atom. The molecule has 3 nitrogen and oxygen atoms in total. The summed E-state index contributed by atoms with van der Waals surface area (Å²) in [7, 11) is 0. The van der Waals surface area contributed by atoms with Crippen LogP contribution in [0.2, 0.25) is 0 Å². The quantitative estimate of drug-likeness (QED) is 0.824. The number of nitrogens with zero attached hydrogens (tertiary/aromatic N) is 2. The molecule has 1 atom stereocenters. The highest BCUT2D eigenvalue weighted by Crippen LogP contribution is 2.34. The summed E-state index contributed by atoms with van der Waals surface area (Å²) in [5, 5.41) is 12.4. The van der Waals surface area contributed by atoms with E-state index in [0.29, 0.717) is 13.1 Å². The predicted molar refractivity (Wildman–Crippen MR) is 63.4 cm³/mol. The summed E-state index contributed by atoms with van der Waals surface area (Å²) in [5.41, 5.74) is 0.999. The maximum atomic E-state index is 13.1. The first-order valence-corrected chi connectivity index (χ1v) is 6.61. The number of hydrogen-bond donors (Lipinski definition) is 1. The molecule has 1 N–H and O–H groups in total. The van der Waals surface area contributed by atoms with Gasteiger partial charge in [-0.1, -0.05) is 0 Å². The minimum Gasteiger partial charge on any atom is -0.378 e. The first kappa shape index (κ1) is 12.7. The Morgan fingerprint density at radius 1 is 1.47 bits per heavy atom. The van der Waals surface area contributed by atoms with E-state index in [9.17, 15) is 14.0 Å². The van der Waals surface area contributed by atoms with Crippen LogP contribution in [-0.2, 0) is 0 Å². The third kappa shape index (κ3) is 2.72. The second kappa shape index (κ2) is 4.83. The molecule has 0 saturated carbocycles. The highest BCUT2D eigenvalue weighted by atomic mass is 32.2. The second-order valence-corrected chi connectivity index (χ2v) is 5.40.